The maximum absolute atomic E-state index is 6.31. The van der Waals surface area contributed by atoms with Gasteiger partial charge in [0.25, 0.3) is 0 Å². The lowest BCUT2D eigenvalue weighted by Gasteiger charge is -2.23. The van der Waals surface area contributed by atoms with E-state index >= 15 is 0 Å². The lowest BCUT2D eigenvalue weighted by atomic mass is 10.0. The molecule has 0 radical (unpaired) electrons. The molecule has 1 atom stereocenters. The van der Waals surface area contributed by atoms with Gasteiger partial charge in [0.1, 0.15) is 0 Å². The van der Waals surface area contributed by atoms with Crippen molar-refractivity contribution in [2.24, 2.45) is 0 Å². The van der Waals surface area contributed by atoms with Crippen molar-refractivity contribution in [3.63, 3.8) is 0 Å². The molecule has 1 saturated heterocycles. The molecule has 0 bridgehead atoms. The third-order valence-corrected chi connectivity index (χ3v) is 3.84. The Hall–Kier alpha value is -1.84. The Balaban J connectivity index is 1.74. The van der Waals surface area contributed by atoms with E-state index in [4.69, 9.17) is 15.2 Å². The van der Waals surface area contributed by atoms with Crippen LogP contribution in [0.25, 0.3) is 11.1 Å². The lowest BCUT2D eigenvalue weighted by Crippen LogP contribution is -2.22. The number of nitrogens with two attached hydrogens (primary N) is 1. The molecule has 110 valence electrons. The summed E-state index contributed by atoms with van der Waals surface area (Å²) in [5.41, 5.74) is 10.3. The Morgan fingerprint density at radius 2 is 1.90 bits per heavy atom. The highest BCUT2D eigenvalue weighted by molar-refractivity contribution is 5.78. The summed E-state index contributed by atoms with van der Waals surface area (Å²) >= 11 is 0. The molecule has 1 fully saturated rings. The summed E-state index contributed by atoms with van der Waals surface area (Å²) in [5.74, 6) is 0. The molecule has 0 spiro atoms. The quantitative estimate of drug-likeness (QED) is 0.863. The first-order chi connectivity index (χ1) is 10.3. The zero-order chi connectivity index (χ0) is 14.5. The molecule has 2 aromatic carbocycles. The molecule has 3 heteroatoms. The Labute approximate surface area is 125 Å². The fourth-order valence-electron chi connectivity index (χ4n) is 2.63. The van der Waals surface area contributed by atoms with E-state index in [-0.39, 0.29) is 6.29 Å². The molecule has 1 aliphatic rings. The number of hydrogen-bond donors (Lipinski definition) is 1. The van der Waals surface area contributed by atoms with Crippen molar-refractivity contribution in [1.29, 1.82) is 0 Å². The first-order valence-electron chi connectivity index (χ1n) is 7.50. The highest BCUT2D eigenvalue weighted by Gasteiger charge is 2.15. The molecule has 0 aliphatic carbocycles. The van der Waals surface area contributed by atoms with Gasteiger partial charge in [-0.3, -0.25) is 0 Å². The minimum absolute atomic E-state index is 0.0847. The fourth-order valence-corrected chi connectivity index (χ4v) is 2.63. The van der Waals surface area contributed by atoms with Gasteiger partial charge < -0.3 is 15.2 Å². The van der Waals surface area contributed by atoms with E-state index in [1.807, 2.05) is 36.4 Å². The minimum Gasteiger partial charge on any atom is -0.398 e. The van der Waals surface area contributed by atoms with Gasteiger partial charge in [0.05, 0.1) is 6.61 Å². The van der Waals surface area contributed by atoms with Crippen LogP contribution >= 0.6 is 0 Å². The summed E-state index contributed by atoms with van der Waals surface area (Å²) < 4.78 is 11.4. The van der Waals surface area contributed by atoms with Gasteiger partial charge in [-0.15, -0.1) is 0 Å². The average Bonchev–Trinajstić information content (AvgIpc) is 2.56. The van der Waals surface area contributed by atoms with Crippen LogP contribution in [-0.2, 0) is 16.1 Å². The molecule has 1 aliphatic heterocycles. The third kappa shape index (κ3) is 3.43. The van der Waals surface area contributed by atoms with Gasteiger partial charge in [-0.25, -0.2) is 0 Å². The fraction of sp³-hybridized carbons (Fsp3) is 0.333. The zero-order valence-electron chi connectivity index (χ0n) is 12.1. The molecule has 3 nitrogen and oxygen atoms in total. The highest BCUT2D eigenvalue weighted by atomic mass is 16.7. The van der Waals surface area contributed by atoms with E-state index in [0.29, 0.717) is 6.61 Å². The SMILES string of the molecule is Nc1c(COC2CCCCO2)cccc1-c1ccccc1. The van der Waals surface area contributed by atoms with E-state index in [1.54, 1.807) is 0 Å². The second-order valence-electron chi connectivity index (χ2n) is 5.35. The molecule has 21 heavy (non-hydrogen) atoms. The summed E-state index contributed by atoms with van der Waals surface area (Å²) in [4.78, 5) is 0. The largest absolute Gasteiger partial charge is 0.398 e. The Morgan fingerprint density at radius 3 is 2.67 bits per heavy atom. The Kier molecular flexibility index (Phi) is 4.53. The van der Waals surface area contributed by atoms with Gasteiger partial charge in [-0.05, 0) is 24.8 Å². The number of anilines is 1. The monoisotopic (exact) mass is 283 g/mol. The minimum atomic E-state index is -0.0847. The first kappa shape index (κ1) is 14.1. The third-order valence-electron chi connectivity index (χ3n) is 3.84. The van der Waals surface area contributed by atoms with Crippen molar-refractivity contribution < 1.29 is 9.47 Å². The maximum Gasteiger partial charge on any atom is 0.158 e. The van der Waals surface area contributed by atoms with Crippen LogP contribution in [0.15, 0.2) is 48.5 Å². The average molecular weight is 283 g/mol. The smallest absolute Gasteiger partial charge is 0.158 e. The van der Waals surface area contributed by atoms with Crippen LogP contribution < -0.4 is 5.73 Å². The van der Waals surface area contributed by atoms with Gasteiger partial charge in [0.2, 0.25) is 0 Å². The predicted octanol–water partition coefficient (Wildman–Crippen LogP) is 3.98. The molecule has 1 heterocycles. The van der Waals surface area contributed by atoms with E-state index < -0.39 is 0 Å². The number of hydrogen-bond acceptors (Lipinski definition) is 3. The zero-order valence-corrected chi connectivity index (χ0v) is 12.1. The number of nitrogen functional groups attached to an aromatic ring is 1. The molecule has 1 unspecified atom stereocenters. The molecular weight excluding hydrogens is 262 g/mol. The lowest BCUT2D eigenvalue weighted by molar-refractivity contribution is -0.168. The van der Waals surface area contributed by atoms with Crippen LogP contribution in [0.2, 0.25) is 0 Å². The summed E-state index contributed by atoms with van der Waals surface area (Å²) in [7, 11) is 0. The molecular formula is C18H21NO2. The van der Waals surface area contributed by atoms with E-state index in [2.05, 4.69) is 12.1 Å². The van der Waals surface area contributed by atoms with Crippen LogP contribution in [0.1, 0.15) is 24.8 Å². The normalized spacial score (nSPS) is 18.6. The molecule has 0 aromatic heterocycles. The second kappa shape index (κ2) is 6.74. The van der Waals surface area contributed by atoms with Crippen LogP contribution in [0.3, 0.4) is 0 Å². The summed E-state index contributed by atoms with van der Waals surface area (Å²) in [6, 6.07) is 16.3. The standard InChI is InChI=1S/C18H21NO2/c19-18-15(13-21-17-11-4-5-12-20-17)9-6-10-16(18)14-7-2-1-3-8-14/h1-3,6-10,17H,4-5,11-13,19H2. The number of para-hydroxylation sites is 1. The molecule has 0 saturated carbocycles. The van der Waals surface area contributed by atoms with Gasteiger partial charge in [-0.2, -0.15) is 0 Å². The predicted molar refractivity (Wildman–Crippen MR) is 84.7 cm³/mol. The van der Waals surface area contributed by atoms with Crippen molar-refractivity contribution in [3.8, 4) is 11.1 Å². The van der Waals surface area contributed by atoms with Crippen LogP contribution in [0.5, 0.6) is 0 Å². The molecule has 0 amide bonds. The number of ether oxygens (including phenoxy) is 2. The number of benzene rings is 2. The van der Waals surface area contributed by atoms with Gasteiger partial charge in [-0.1, -0.05) is 48.5 Å². The van der Waals surface area contributed by atoms with Gasteiger partial charge in [0, 0.05) is 23.4 Å². The van der Waals surface area contributed by atoms with Crippen molar-refractivity contribution in [2.45, 2.75) is 32.2 Å². The van der Waals surface area contributed by atoms with E-state index in [0.717, 1.165) is 41.8 Å². The molecule has 2 N–H and O–H groups in total. The van der Waals surface area contributed by atoms with Crippen molar-refractivity contribution in [1.82, 2.24) is 0 Å². The van der Waals surface area contributed by atoms with Crippen LogP contribution in [0, 0.1) is 0 Å². The summed E-state index contributed by atoms with van der Waals surface area (Å²) in [6.45, 7) is 1.29. The van der Waals surface area contributed by atoms with Crippen LogP contribution in [0.4, 0.5) is 5.69 Å². The first-order valence-corrected chi connectivity index (χ1v) is 7.50. The highest BCUT2D eigenvalue weighted by Crippen LogP contribution is 2.29. The Morgan fingerprint density at radius 1 is 1.05 bits per heavy atom. The van der Waals surface area contributed by atoms with Gasteiger partial charge in [0.15, 0.2) is 6.29 Å². The van der Waals surface area contributed by atoms with Crippen molar-refractivity contribution in [3.05, 3.63) is 54.1 Å². The Bertz CT molecular complexity index is 577. The number of rotatable bonds is 4. The topological polar surface area (TPSA) is 44.5 Å². The summed E-state index contributed by atoms with van der Waals surface area (Å²) in [6.07, 6.45) is 3.19. The van der Waals surface area contributed by atoms with Crippen LogP contribution in [-0.4, -0.2) is 12.9 Å². The summed E-state index contributed by atoms with van der Waals surface area (Å²) in [5, 5.41) is 0. The van der Waals surface area contributed by atoms with E-state index in [1.165, 1.54) is 6.42 Å². The molecule has 2 aromatic rings. The second-order valence-corrected chi connectivity index (χ2v) is 5.35. The maximum atomic E-state index is 6.31. The van der Waals surface area contributed by atoms with Crippen molar-refractivity contribution in [2.75, 3.05) is 12.3 Å². The van der Waals surface area contributed by atoms with Crippen molar-refractivity contribution >= 4 is 5.69 Å². The van der Waals surface area contributed by atoms with Gasteiger partial charge >= 0.3 is 0 Å². The molecule has 3 rings (SSSR count). The van der Waals surface area contributed by atoms with E-state index in [9.17, 15) is 0 Å².